The van der Waals surface area contributed by atoms with Crippen molar-refractivity contribution in [1.82, 2.24) is 19.7 Å². The molecule has 0 spiro atoms. The van der Waals surface area contributed by atoms with Gasteiger partial charge in [-0.25, -0.2) is 17.9 Å². The first-order valence-corrected chi connectivity index (χ1v) is 9.27. The summed E-state index contributed by atoms with van der Waals surface area (Å²) in [4.78, 5) is 23.3. The average Bonchev–Trinajstić information content (AvgIpc) is 2.65. The average molecular weight is 409 g/mol. The number of methoxy groups -OCH3 is 2. The molecule has 2 N–H and O–H groups in total. The molecule has 28 heavy (non-hydrogen) atoms. The van der Waals surface area contributed by atoms with Gasteiger partial charge >= 0.3 is 18.1 Å². The first-order chi connectivity index (χ1) is 13.2. The molecule has 0 saturated heterocycles. The van der Waals surface area contributed by atoms with Crippen molar-refractivity contribution in [2.75, 3.05) is 26.1 Å². The molecule has 0 radical (unpaired) electrons. The first kappa shape index (κ1) is 20.9. The van der Waals surface area contributed by atoms with Crippen molar-refractivity contribution in [1.29, 1.82) is 0 Å². The summed E-state index contributed by atoms with van der Waals surface area (Å²) >= 11 is 0. The van der Waals surface area contributed by atoms with Gasteiger partial charge in [0, 0.05) is 0 Å². The summed E-state index contributed by atoms with van der Waals surface area (Å²) in [7, 11) is -1.62. The van der Waals surface area contributed by atoms with Gasteiger partial charge < -0.3 is 14.2 Å². The Morgan fingerprint density at radius 3 is 2.29 bits per heavy atom. The number of urea groups is 1. The van der Waals surface area contributed by atoms with E-state index >= 15 is 0 Å². The van der Waals surface area contributed by atoms with Crippen molar-refractivity contribution in [3.05, 3.63) is 36.4 Å². The highest BCUT2D eigenvalue weighted by molar-refractivity contribution is 7.90. The zero-order chi connectivity index (χ0) is 20.7. The van der Waals surface area contributed by atoms with E-state index in [9.17, 15) is 13.2 Å². The normalized spacial score (nSPS) is 10.7. The lowest BCUT2D eigenvalue weighted by Crippen LogP contribution is -2.35. The summed E-state index contributed by atoms with van der Waals surface area (Å²) in [5, 5.41) is 2.18. The van der Waals surface area contributed by atoms with Crippen molar-refractivity contribution >= 4 is 22.0 Å². The highest BCUT2D eigenvalue weighted by atomic mass is 32.2. The van der Waals surface area contributed by atoms with E-state index in [1.165, 1.54) is 32.4 Å². The number of carbonyl (C=O) groups excluding carboxylic acids is 1. The molecule has 0 aliphatic heterocycles. The standard InChI is InChI=1S/C16H19N5O6S/c1-10(2)9-27-11-7-5-6-8-12(11)28(23,24)21-14(22)17-13-18-15(25-3)20-16(19-13)26-4/h5-8H,1,9H2,2-4H3,(H2,17,18,19,20,21,22). The maximum atomic E-state index is 12.6. The summed E-state index contributed by atoms with van der Waals surface area (Å²) in [6.07, 6.45) is 0. The van der Waals surface area contributed by atoms with Crippen LogP contribution in [0.3, 0.4) is 0 Å². The summed E-state index contributed by atoms with van der Waals surface area (Å²) in [5.41, 5.74) is 0.704. The largest absolute Gasteiger partial charge is 0.488 e. The fraction of sp³-hybridized carbons (Fsp3) is 0.250. The molecular formula is C16H19N5O6S. The predicted molar refractivity (Wildman–Crippen MR) is 99.0 cm³/mol. The Morgan fingerprint density at radius 1 is 1.11 bits per heavy atom. The van der Waals surface area contributed by atoms with E-state index in [1.54, 1.807) is 13.0 Å². The summed E-state index contributed by atoms with van der Waals surface area (Å²) in [6, 6.07) is 4.55. The van der Waals surface area contributed by atoms with Crippen molar-refractivity contribution < 1.29 is 27.4 Å². The Kier molecular flexibility index (Phi) is 6.71. The molecule has 2 amide bonds. The molecule has 1 aromatic carbocycles. The van der Waals surface area contributed by atoms with Crippen molar-refractivity contribution in [3.63, 3.8) is 0 Å². The van der Waals surface area contributed by atoms with E-state index < -0.39 is 16.1 Å². The number of nitrogens with one attached hydrogen (secondary N) is 2. The Morgan fingerprint density at radius 2 is 1.71 bits per heavy atom. The third-order valence-electron chi connectivity index (χ3n) is 3.02. The van der Waals surface area contributed by atoms with Crippen LogP contribution in [0.4, 0.5) is 10.7 Å². The van der Waals surface area contributed by atoms with Gasteiger partial charge in [-0.05, 0) is 24.6 Å². The topological polar surface area (TPSA) is 142 Å². The second-order valence-electron chi connectivity index (χ2n) is 5.38. The minimum absolute atomic E-state index is 0.0781. The van der Waals surface area contributed by atoms with E-state index in [0.29, 0.717) is 5.57 Å². The van der Waals surface area contributed by atoms with Crippen molar-refractivity contribution in [2.24, 2.45) is 0 Å². The third kappa shape index (κ3) is 5.54. The van der Waals surface area contributed by atoms with E-state index in [4.69, 9.17) is 14.2 Å². The number of hydrogen-bond donors (Lipinski definition) is 2. The third-order valence-corrected chi connectivity index (χ3v) is 4.40. The Bertz CT molecular complexity index is 957. The van der Waals surface area contributed by atoms with Gasteiger partial charge in [-0.3, -0.25) is 5.32 Å². The second-order valence-corrected chi connectivity index (χ2v) is 7.04. The van der Waals surface area contributed by atoms with Crippen LogP contribution in [-0.4, -0.2) is 50.2 Å². The fourth-order valence-corrected chi connectivity index (χ4v) is 2.93. The first-order valence-electron chi connectivity index (χ1n) is 7.79. The van der Waals surface area contributed by atoms with Gasteiger partial charge in [0.15, 0.2) is 0 Å². The van der Waals surface area contributed by atoms with Gasteiger partial charge in [0.1, 0.15) is 17.3 Å². The molecule has 2 aromatic rings. The molecule has 1 aromatic heterocycles. The van der Waals surface area contributed by atoms with Gasteiger partial charge in [-0.2, -0.15) is 9.97 Å². The molecule has 0 saturated carbocycles. The molecule has 12 heteroatoms. The number of rotatable bonds is 8. The van der Waals surface area contributed by atoms with Crippen molar-refractivity contribution in [2.45, 2.75) is 11.8 Å². The second kappa shape index (κ2) is 8.99. The summed E-state index contributed by atoms with van der Waals surface area (Å²) in [6.45, 7) is 5.56. The fourth-order valence-electron chi connectivity index (χ4n) is 1.87. The number of ether oxygens (including phenoxy) is 3. The highest BCUT2D eigenvalue weighted by Gasteiger charge is 2.23. The number of hydrogen-bond acceptors (Lipinski definition) is 9. The van der Waals surface area contributed by atoms with Crippen LogP contribution in [0.25, 0.3) is 0 Å². The van der Waals surface area contributed by atoms with Crippen LogP contribution in [0.2, 0.25) is 0 Å². The lowest BCUT2D eigenvalue weighted by atomic mass is 10.3. The van der Waals surface area contributed by atoms with E-state index in [1.807, 2.05) is 4.72 Å². The molecule has 1 heterocycles. The summed E-state index contributed by atoms with van der Waals surface area (Å²) < 4.78 is 42.1. The monoisotopic (exact) mass is 409 g/mol. The molecule has 11 nitrogen and oxygen atoms in total. The van der Waals surface area contributed by atoms with Crippen LogP contribution >= 0.6 is 0 Å². The van der Waals surface area contributed by atoms with Gasteiger partial charge in [-0.1, -0.05) is 18.7 Å². The molecule has 0 atom stereocenters. The maximum Gasteiger partial charge on any atom is 0.335 e. The lowest BCUT2D eigenvalue weighted by Gasteiger charge is -2.13. The van der Waals surface area contributed by atoms with E-state index in [2.05, 4.69) is 26.8 Å². The number of aromatic nitrogens is 3. The number of anilines is 1. The number of nitrogens with zero attached hydrogens (tertiary/aromatic N) is 3. The molecule has 0 fully saturated rings. The number of sulfonamides is 1. The zero-order valence-corrected chi connectivity index (χ0v) is 16.2. The van der Waals surface area contributed by atoms with Crippen LogP contribution in [0.1, 0.15) is 6.92 Å². The number of carbonyl (C=O) groups is 1. The van der Waals surface area contributed by atoms with Gasteiger partial charge in [-0.15, -0.1) is 4.98 Å². The van der Waals surface area contributed by atoms with Crippen LogP contribution in [-0.2, 0) is 10.0 Å². The predicted octanol–water partition coefficient (Wildman–Crippen LogP) is 1.35. The Hall–Kier alpha value is -3.41. The van der Waals surface area contributed by atoms with Gasteiger partial charge in [0.25, 0.3) is 10.0 Å². The zero-order valence-electron chi connectivity index (χ0n) is 15.4. The minimum Gasteiger partial charge on any atom is -0.488 e. The number of para-hydroxylation sites is 1. The summed E-state index contributed by atoms with van der Waals surface area (Å²) in [5.74, 6) is -0.183. The quantitative estimate of drug-likeness (QED) is 0.618. The minimum atomic E-state index is -4.24. The molecule has 150 valence electrons. The highest BCUT2D eigenvalue weighted by Crippen LogP contribution is 2.23. The van der Waals surface area contributed by atoms with Crippen molar-refractivity contribution in [3.8, 4) is 17.8 Å². The maximum absolute atomic E-state index is 12.6. The van der Waals surface area contributed by atoms with E-state index in [0.717, 1.165) is 0 Å². The number of benzene rings is 1. The van der Waals surface area contributed by atoms with Crippen LogP contribution < -0.4 is 24.2 Å². The van der Waals surface area contributed by atoms with Crippen LogP contribution in [0.5, 0.6) is 17.8 Å². The Balaban J connectivity index is 2.19. The van der Waals surface area contributed by atoms with Gasteiger partial charge in [0.05, 0.1) is 14.2 Å². The molecule has 0 aliphatic rings. The number of amides is 2. The van der Waals surface area contributed by atoms with E-state index in [-0.39, 0.29) is 35.2 Å². The SMILES string of the molecule is C=C(C)COc1ccccc1S(=O)(=O)NC(=O)Nc1nc(OC)nc(OC)n1. The smallest absolute Gasteiger partial charge is 0.335 e. The molecule has 0 aliphatic carbocycles. The lowest BCUT2D eigenvalue weighted by molar-refractivity contribution is 0.256. The molecule has 0 bridgehead atoms. The molecule has 0 unspecified atom stereocenters. The molecular weight excluding hydrogens is 390 g/mol. The molecule has 2 rings (SSSR count). The van der Waals surface area contributed by atoms with Crippen LogP contribution in [0.15, 0.2) is 41.3 Å². The van der Waals surface area contributed by atoms with Gasteiger partial charge in [0.2, 0.25) is 5.95 Å². The Labute approximate surface area is 161 Å². The van der Waals surface area contributed by atoms with Crippen LogP contribution in [0, 0.1) is 0 Å².